The van der Waals surface area contributed by atoms with Crippen molar-refractivity contribution in [2.24, 2.45) is 5.73 Å². The Hall–Kier alpha value is -4.08. The van der Waals surface area contributed by atoms with Gasteiger partial charge in [0.2, 0.25) is 10.0 Å². The maximum absolute atomic E-state index is 14.1. The molecule has 0 aliphatic carbocycles. The molecule has 14 heteroatoms. The minimum Gasteiger partial charge on any atom is -0.381 e. The lowest BCUT2D eigenvalue weighted by Gasteiger charge is -2.40. The fourth-order valence-electron chi connectivity index (χ4n) is 6.40. The van der Waals surface area contributed by atoms with Crippen LogP contribution in [0, 0.1) is 5.41 Å². The van der Waals surface area contributed by atoms with Crippen molar-refractivity contribution in [3.05, 3.63) is 76.8 Å². The molecule has 2 saturated heterocycles. The van der Waals surface area contributed by atoms with Gasteiger partial charge >= 0.3 is 5.69 Å². The molecule has 0 unspecified atom stereocenters. The molecule has 0 radical (unpaired) electrons. The Morgan fingerprint density at radius 3 is 2.43 bits per heavy atom. The van der Waals surface area contributed by atoms with E-state index in [-0.39, 0.29) is 22.9 Å². The summed E-state index contributed by atoms with van der Waals surface area (Å²) in [7, 11) is -3.72. The summed E-state index contributed by atoms with van der Waals surface area (Å²) in [6, 6.07) is 16.5. The highest BCUT2D eigenvalue weighted by Gasteiger charge is 2.38. The minimum absolute atomic E-state index is 0.0258. The van der Waals surface area contributed by atoms with Crippen LogP contribution in [0.3, 0.4) is 0 Å². The number of piperidine rings is 1. The molecule has 2 aromatic heterocycles. The number of nitrogens with one attached hydrogen (secondary N) is 5. The molecule has 0 bridgehead atoms. The highest BCUT2D eigenvalue weighted by molar-refractivity contribution is 7.89. The zero-order valence-electron chi connectivity index (χ0n) is 26.4. The van der Waals surface area contributed by atoms with Crippen LogP contribution in [0.2, 0.25) is 0 Å². The molecule has 2 aliphatic rings. The number of ether oxygens (including phenoxy) is 1. The number of sulfonamides is 1. The zero-order chi connectivity index (χ0) is 32.8. The number of fused-ring (bicyclic) bond motifs is 1. The summed E-state index contributed by atoms with van der Waals surface area (Å²) < 4.78 is 36.9. The third-order valence-electron chi connectivity index (χ3n) is 8.86. The topological polar surface area (TPSA) is 183 Å². The van der Waals surface area contributed by atoms with Gasteiger partial charge in [-0.05, 0) is 93.2 Å². The molecule has 250 valence electrons. The SMILES string of the molecule is N=C(N)NCCCNCc1ccc(-n2cc3cc(-c4ccc(S(=O)(=O)N(C5CCNCC5)C5CCOCC5)cc4)[nH]c3nc2=O)cc1. The Kier molecular flexibility index (Phi) is 10.3. The van der Waals surface area contributed by atoms with E-state index in [1.165, 1.54) is 4.57 Å². The second-order valence-corrected chi connectivity index (χ2v) is 13.9. The lowest BCUT2D eigenvalue weighted by Crippen LogP contribution is -2.52. The first-order chi connectivity index (χ1) is 22.8. The van der Waals surface area contributed by atoms with Crippen LogP contribution in [0.1, 0.15) is 37.7 Å². The molecule has 2 aromatic carbocycles. The van der Waals surface area contributed by atoms with Gasteiger partial charge in [0.25, 0.3) is 0 Å². The molecule has 0 spiro atoms. The largest absolute Gasteiger partial charge is 0.381 e. The number of hydrogen-bond acceptors (Lipinski definition) is 8. The van der Waals surface area contributed by atoms with Crippen LogP contribution < -0.4 is 27.4 Å². The molecule has 0 amide bonds. The first kappa shape index (κ1) is 32.8. The van der Waals surface area contributed by atoms with Crippen LogP contribution in [0.4, 0.5) is 0 Å². The number of nitrogens with two attached hydrogens (primary N) is 1. The van der Waals surface area contributed by atoms with Gasteiger partial charge in [0, 0.05) is 55.7 Å². The van der Waals surface area contributed by atoms with Crippen molar-refractivity contribution in [3.8, 4) is 16.9 Å². The number of H-pyrrole nitrogens is 1. The number of hydrogen-bond donors (Lipinski definition) is 6. The van der Waals surface area contributed by atoms with Crippen LogP contribution in [0.15, 0.2) is 70.5 Å². The number of aromatic nitrogens is 3. The molecular formula is C33H43N9O4S. The van der Waals surface area contributed by atoms with Gasteiger partial charge in [0.1, 0.15) is 5.65 Å². The first-order valence-corrected chi connectivity index (χ1v) is 17.7. The highest BCUT2D eigenvalue weighted by Crippen LogP contribution is 2.31. The van der Waals surface area contributed by atoms with Gasteiger partial charge < -0.3 is 31.4 Å². The summed E-state index contributed by atoms with van der Waals surface area (Å²) in [6.45, 7) is 4.87. The fourth-order valence-corrected chi connectivity index (χ4v) is 8.33. The molecule has 4 heterocycles. The monoisotopic (exact) mass is 661 g/mol. The van der Waals surface area contributed by atoms with E-state index in [1.807, 2.05) is 30.3 Å². The van der Waals surface area contributed by atoms with Crippen molar-refractivity contribution < 1.29 is 13.2 Å². The van der Waals surface area contributed by atoms with Crippen LogP contribution in [-0.2, 0) is 21.3 Å². The molecule has 0 saturated carbocycles. The number of nitrogens with zero attached hydrogens (tertiary/aromatic N) is 3. The Bertz CT molecular complexity index is 1810. The summed E-state index contributed by atoms with van der Waals surface area (Å²) in [5, 5.41) is 17.4. The maximum Gasteiger partial charge on any atom is 0.354 e. The van der Waals surface area contributed by atoms with Gasteiger partial charge in [0.05, 0.1) is 10.6 Å². The van der Waals surface area contributed by atoms with E-state index < -0.39 is 15.7 Å². The average Bonchev–Trinajstić information content (AvgIpc) is 3.50. The van der Waals surface area contributed by atoms with Gasteiger partial charge in [-0.25, -0.2) is 13.2 Å². The second kappa shape index (κ2) is 14.8. The zero-order valence-corrected chi connectivity index (χ0v) is 27.2. The van der Waals surface area contributed by atoms with E-state index in [2.05, 4.69) is 25.9 Å². The number of aromatic amines is 1. The fraction of sp³-hybridized carbons (Fsp3) is 0.424. The van der Waals surface area contributed by atoms with Crippen LogP contribution in [0.5, 0.6) is 0 Å². The molecule has 6 rings (SSSR count). The molecule has 47 heavy (non-hydrogen) atoms. The Morgan fingerprint density at radius 1 is 1.02 bits per heavy atom. The summed E-state index contributed by atoms with van der Waals surface area (Å²) in [4.78, 5) is 20.8. The summed E-state index contributed by atoms with van der Waals surface area (Å²) in [5.41, 5.74) is 8.69. The third kappa shape index (κ3) is 7.74. The standard InChI is InChI=1S/C33H43N9O4S/c34-32(35)38-15-1-14-37-21-23-2-6-26(7-3-23)41-22-25-20-30(39-31(25)40-33(41)43)24-4-8-29(9-5-24)47(44,45)42(27-10-16-36-17-11-27)28-12-18-46-19-13-28/h2-9,20,22,27-28,36-37H,1,10-19,21H2,(H4,34,35,38)(H,39,40,43). The van der Waals surface area contributed by atoms with Crippen LogP contribution in [-0.4, -0.2) is 84.7 Å². The van der Waals surface area contributed by atoms with E-state index in [4.69, 9.17) is 15.9 Å². The van der Waals surface area contributed by atoms with Crippen LogP contribution in [0.25, 0.3) is 28.0 Å². The minimum atomic E-state index is -3.72. The van der Waals surface area contributed by atoms with Gasteiger partial charge in [-0.15, -0.1) is 0 Å². The maximum atomic E-state index is 14.1. The van der Waals surface area contributed by atoms with E-state index in [1.54, 1.807) is 34.8 Å². The number of benzene rings is 2. The second-order valence-electron chi connectivity index (χ2n) is 12.1. The van der Waals surface area contributed by atoms with Crippen molar-refractivity contribution >= 4 is 27.0 Å². The van der Waals surface area contributed by atoms with Gasteiger partial charge in [-0.3, -0.25) is 9.98 Å². The smallest absolute Gasteiger partial charge is 0.354 e. The van der Waals surface area contributed by atoms with Crippen molar-refractivity contribution in [1.82, 2.24) is 34.8 Å². The molecule has 4 aromatic rings. The van der Waals surface area contributed by atoms with Gasteiger partial charge in [-0.1, -0.05) is 24.3 Å². The van der Waals surface area contributed by atoms with Crippen molar-refractivity contribution in [2.75, 3.05) is 39.4 Å². The number of guanidine groups is 1. The van der Waals surface area contributed by atoms with E-state index in [9.17, 15) is 13.2 Å². The summed E-state index contributed by atoms with van der Waals surface area (Å²) in [5.74, 6) is -0.0258. The lowest BCUT2D eigenvalue weighted by atomic mass is 10.0. The van der Waals surface area contributed by atoms with Gasteiger partial charge in [-0.2, -0.15) is 9.29 Å². The normalized spacial score (nSPS) is 16.5. The van der Waals surface area contributed by atoms with E-state index >= 15 is 0 Å². The van der Waals surface area contributed by atoms with Crippen LogP contribution >= 0.6 is 0 Å². The van der Waals surface area contributed by atoms with Gasteiger partial charge in [0.15, 0.2) is 5.96 Å². The molecule has 7 N–H and O–H groups in total. The Morgan fingerprint density at radius 2 is 1.72 bits per heavy atom. The van der Waals surface area contributed by atoms with E-state index in [0.717, 1.165) is 61.1 Å². The molecule has 2 aliphatic heterocycles. The van der Waals surface area contributed by atoms with Crippen molar-refractivity contribution in [2.45, 2.75) is 55.6 Å². The molecule has 13 nitrogen and oxygen atoms in total. The molecule has 2 fully saturated rings. The molecule has 0 atom stereocenters. The Balaban J connectivity index is 1.16. The lowest BCUT2D eigenvalue weighted by molar-refractivity contribution is 0.0457. The third-order valence-corrected chi connectivity index (χ3v) is 10.9. The summed E-state index contributed by atoms with van der Waals surface area (Å²) >= 11 is 0. The summed E-state index contributed by atoms with van der Waals surface area (Å²) in [6.07, 6.45) is 5.60. The van der Waals surface area contributed by atoms with Crippen molar-refractivity contribution in [3.63, 3.8) is 0 Å². The number of rotatable bonds is 12. The molecular weight excluding hydrogens is 618 g/mol. The first-order valence-electron chi connectivity index (χ1n) is 16.2. The Labute approximate surface area is 274 Å². The van der Waals surface area contributed by atoms with Crippen molar-refractivity contribution in [1.29, 1.82) is 5.41 Å². The van der Waals surface area contributed by atoms with E-state index in [0.29, 0.717) is 50.5 Å². The predicted molar refractivity (Wildman–Crippen MR) is 182 cm³/mol. The highest BCUT2D eigenvalue weighted by atomic mass is 32.2. The predicted octanol–water partition coefficient (Wildman–Crippen LogP) is 2.27. The average molecular weight is 662 g/mol. The quantitative estimate of drug-likeness (QED) is 0.0754.